The van der Waals surface area contributed by atoms with E-state index in [1.54, 1.807) is 4.57 Å². The Balaban J connectivity index is 2.73. The van der Waals surface area contributed by atoms with E-state index in [-0.39, 0.29) is 5.69 Å². The molecule has 1 aromatic heterocycles. The lowest BCUT2D eigenvalue weighted by Crippen LogP contribution is -2.03. The van der Waals surface area contributed by atoms with Gasteiger partial charge in [0.15, 0.2) is 5.69 Å². The second kappa shape index (κ2) is 4.29. The Bertz CT molecular complexity index is 627. The minimum Gasteiger partial charge on any atom is -0.476 e. The van der Waals surface area contributed by atoms with Gasteiger partial charge in [0.05, 0.1) is 12.0 Å². The minimum atomic E-state index is -0.997. The highest BCUT2D eigenvalue weighted by Gasteiger charge is 2.19. The highest BCUT2D eigenvalue weighted by Crippen LogP contribution is 2.28. The van der Waals surface area contributed by atoms with Crippen LogP contribution in [-0.4, -0.2) is 20.6 Å². The Kier molecular flexibility index (Phi) is 2.95. The van der Waals surface area contributed by atoms with Crippen molar-refractivity contribution in [1.29, 1.82) is 0 Å². The van der Waals surface area contributed by atoms with E-state index in [4.69, 9.17) is 0 Å². The van der Waals surface area contributed by atoms with Gasteiger partial charge in [-0.15, -0.1) is 0 Å². The number of hydrogen-bond acceptors (Lipinski definition) is 2. The number of hydrogen-bond donors (Lipinski definition) is 1. The van der Waals surface area contributed by atoms with Gasteiger partial charge in [0.25, 0.3) is 0 Å². The number of aryl methyl sites for hydroxylation is 4. The van der Waals surface area contributed by atoms with Gasteiger partial charge in [0, 0.05) is 12.6 Å². The number of carboxylic acids is 1. The molecule has 0 aliphatic rings. The number of imidazole rings is 1. The fraction of sp³-hybridized carbons (Fsp3) is 0.286. The molecule has 1 N–H and O–H groups in total. The van der Waals surface area contributed by atoms with Gasteiger partial charge in [-0.05, 0) is 43.5 Å². The standard InChI is InChI=1S/C14H16N2O2/c1-8-5-10(3)11(6-9(8)2)13-12(14(17)18)15-7-16(13)4/h5-7H,1-4H3,(H,17,18). The third-order valence-corrected chi connectivity index (χ3v) is 3.24. The Labute approximate surface area is 106 Å². The molecule has 0 atom stereocenters. The molecule has 0 bridgehead atoms. The summed E-state index contributed by atoms with van der Waals surface area (Å²) in [5.74, 6) is -0.997. The Morgan fingerprint density at radius 3 is 2.39 bits per heavy atom. The minimum absolute atomic E-state index is 0.101. The molecular weight excluding hydrogens is 228 g/mol. The summed E-state index contributed by atoms with van der Waals surface area (Å²) in [7, 11) is 1.81. The van der Waals surface area contributed by atoms with Crippen molar-refractivity contribution in [2.24, 2.45) is 7.05 Å². The van der Waals surface area contributed by atoms with Crippen LogP contribution in [0.1, 0.15) is 27.2 Å². The van der Waals surface area contributed by atoms with Crippen molar-refractivity contribution >= 4 is 5.97 Å². The summed E-state index contributed by atoms with van der Waals surface area (Å²) in [6.45, 7) is 6.06. The molecule has 0 unspecified atom stereocenters. The normalized spacial score (nSPS) is 10.7. The van der Waals surface area contributed by atoms with Gasteiger partial charge in [0.1, 0.15) is 0 Å². The van der Waals surface area contributed by atoms with Crippen molar-refractivity contribution in [1.82, 2.24) is 9.55 Å². The molecule has 2 aromatic rings. The number of nitrogens with zero attached hydrogens (tertiary/aromatic N) is 2. The molecule has 0 aliphatic heterocycles. The molecule has 0 saturated carbocycles. The SMILES string of the molecule is Cc1cc(C)c(-c2c(C(=O)O)ncn2C)cc1C. The first kappa shape index (κ1) is 12.4. The quantitative estimate of drug-likeness (QED) is 0.883. The molecule has 0 fully saturated rings. The van der Waals surface area contributed by atoms with E-state index in [1.165, 1.54) is 11.9 Å². The highest BCUT2D eigenvalue weighted by molar-refractivity contribution is 5.93. The third kappa shape index (κ3) is 1.90. The fourth-order valence-corrected chi connectivity index (χ4v) is 2.12. The molecule has 4 heteroatoms. The van der Waals surface area contributed by atoms with Crippen LogP contribution in [0, 0.1) is 20.8 Å². The molecule has 1 aromatic carbocycles. The number of carbonyl (C=O) groups is 1. The lowest BCUT2D eigenvalue weighted by atomic mass is 9.97. The van der Waals surface area contributed by atoms with Crippen molar-refractivity contribution in [3.05, 3.63) is 40.8 Å². The molecule has 2 rings (SSSR count). The van der Waals surface area contributed by atoms with Crippen molar-refractivity contribution in [3.63, 3.8) is 0 Å². The fourth-order valence-electron chi connectivity index (χ4n) is 2.12. The largest absolute Gasteiger partial charge is 0.476 e. The van der Waals surface area contributed by atoms with Crippen LogP contribution in [0.5, 0.6) is 0 Å². The lowest BCUT2D eigenvalue weighted by Gasteiger charge is -2.11. The second-order valence-corrected chi connectivity index (χ2v) is 4.61. The van der Waals surface area contributed by atoms with E-state index >= 15 is 0 Å². The summed E-state index contributed by atoms with van der Waals surface area (Å²) >= 11 is 0. The molecule has 0 radical (unpaired) electrons. The predicted molar refractivity (Wildman–Crippen MR) is 69.8 cm³/mol. The summed E-state index contributed by atoms with van der Waals surface area (Å²) in [6.07, 6.45) is 1.54. The van der Waals surface area contributed by atoms with Crippen LogP contribution in [0.25, 0.3) is 11.3 Å². The van der Waals surface area contributed by atoms with E-state index in [2.05, 4.69) is 11.1 Å². The number of aromatic nitrogens is 2. The number of aromatic carboxylic acids is 1. The van der Waals surface area contributed by atoms with Crippen LogP contribution < -0.4 is 0 Å². The van der Waals surface area contributed by atoms with Crippen LogP contribution in [0.3, 0.4) is 0 Å². The van der Waals surface area contributed by atoms with Gasteiger partial charge >= 0.3 is 5.97 Å². The number of benzene rings is 1. The Morgan fingerprint density at radius 1 is 1.17 bits per heavy atom. The zero-order valence-electron chi connectivity index (χ0n) is 11.0. The van der Waals surface area contributed by atoms with Crippen LogP contribution >= 0.6 is 0 Å². The first-order valence-electron chi connectivity index (χ1n) is 5.74. The van der Waals surface area contributed by atoms with Crippen LogP contribution in [-0.2, 0) is 7.05 Å². The van der Waals surface area contributed by atoms with E-state index in [9.17, 15) is 9.90 Å². The summed E-state index contributed by atoms with van der Waals surface area (Å²) < 4.78 is 1.75. The molecule has 1 heterocycles. The van der Waals surface area contributed by atoms with E-state index in [0.29, 0.717) is 5.69 Å². The maximum atomic E-state index is 11.2. The molecule has 0 amide bonds. The topological polar surface area (TPSA) is 55.1 Å². The Morgan fingerprint density at radius 2 is 1.78 bits per heavy atom. The van der Waals surface area contributed by atoms with Gasteiger partial charge in [-0.25, -0.2) is 9.78 Å². The van der Waals surface area contributed by atoms with Gasteiger partial charge < -0.3 is 9.67 Å². The Hall–Kier alpha value is -2.10. The first-order chi connectivity index (χ1) is 8.41. The summed E-state index contributed by atoms with van der Waals surface area (Å²) in [4.78, 5) is 15.1. The lowest BCUT2D eigenvalue weighted by molar-refractivity contribution is 0.0692. The van der Waals surface area contributed by atoms with Crippen molar-refractivity contribution in [3.8, 4) is 11.3 Å². The number of carboxylic acid groups (broad SMARTS) is 1. The maximum Gasteiger partial charge on any atom is 0.356 e. The average molecular weight is 244 g/mol. The zero-order chi connectivity index (χ0) is 13.4. The van der Waals surface area contributed by atoms with Gasteiger partial charge in [-0.2, -0.15) is 0 Å². The van der Waals surface area contributed by atoms with Crippen molar-refractivity contribution < 1.29 is 9.90 Å². The van der Waals surface area contributed by atoms with Gasteiger partial charge in [-0.3, -0.25) is 0 Å². The molecule has 4 nitrogen and oxygen atoms in total. The predicted octanol–water partition coefficient (Wildman–Crippen LogP) is 2.71. The van der Waals surface area contributed by atoms with E-state index in [1.807, 2.05) is 33.9 Å². The average Bonchev–Trinajstić information content (AvgIpc) is 2.66. The molecular formula is C14H16N2O2. The summed E-state index contributed by atoms with van der Waals surface area (Å²) in [5, 5.41) is 9.18. The van der Waals surface area contributed by atoms with Crippen LogP contribution in [0.2, 0.25) is 0 Å². The van der Waals surface area contributed by atoms with Crippen molar-refractivity contribution in [2.75, 3.05) is 0 Å². The van der Waals surface area contributed by atoms with E-state index in [0.717, 1.165) is 16.7 Å². The summed E-state index contributed by atoms with van der Waals surface area (Å²) in [6, 6.07) is 4.09. The second-order valence-electron chi connectivity index (χ2n) is 4.61. The maximum absolute atomic E-state index is 11.2. The van der Waals surface area contributed by atoms with Crippen molar-refractivity contribution in [2.45, 2.75) is 20.8 Å². The molecule has 0 spiro atoms. The van der Waals surface area contributed by atoms with Crippen LogP contribution in [0.15, 0.2) is 18.5 Å². The zero-order valence-corrected chi connectivity index (χ0v) is 11.0. The van der Waals surface area contributed by atoms with Gasteiger partial charge in [-0.1, -0.05) is 6.07 Å². The third-order valence-electron chi connectivity index (χ3n) is 3.24. The smallest absolute Gasteiger partial charge is 0.356 e. The van der Waals surface area contributed by atoms with E-state index < -0.39 is 5.97 Å². The first-order valence-corrected chi connectivity index (χ1v) is 5.74. The highest BCUT2D eigenvalue weighted by atomic mass is 16.4. The molecule has 18 heavy (non-hydrogen) atoms. The molecule has 0 saturated heterocycles. The molecule has 0 aliphatic carbocycles. The monoisotopic (exact) mass is 244 g/mol. The summed E-state index contributed by atoms with van der Waals surface area (Å²) in [5.41, 5.74) is 5.09. The van der Waals surface area contributed by atoms with Crippen LogP contribution in [0.4, 0.5) is 0 Å². The molecule has 94 valence electrons. The van der Waals surface area contributed by atoms with Gasteiger partial charge in [0.2, 0.25) is 0 Å². The number of rotatable bonds is 2.